The molecule has 3 nitrogen and oxygen atoms in total. The molecule has 2 saturated heterocycles. The number of amides is 1. The number of hydrogen-bond donors (Lipinski definition) is 0. The van der Waals surface area contributed by atoms with E-state index in [1.807, 2.05) is 42.2 Å². The van der Waals surface area contributed by atoms with Gasteiger partial charge in [-0.25, -0.2) is 4.39 Å². The highest BCUT2D eigenvalue weighted by Crippen LogP contribution is 2.55. The Balaban J connectivity index is 1.76. The van der Waals surface area contributed by atoms with Crippen LogP contribution in [0.5, 0.6) is 0 Å². The molecule has 2 aliphatic heterocycles. The van der Waals surface area contributed by atoms with Gasteiger partial charge in [-0.05, 0) is 41.3 Å². The highest BCUT2D eigenvalue weighted by atomic mass is 19.1. The van der Waals surface area contributed by atoms with E-state index >= 15 is 0 Å². The summed E-state index contributed by atoms with van der Waals surface area (Å²) in [6.45, 7) is 3.23. The second kappa shape index (κ2) is 4.67. The van der Waals surface area contributed by atoms with Crippen molar-refractivity contribution < 1.29 is 13.9 Å². The third-order valence-corrected chi connectivity index (χ3v) is 5.83. The molecule has 0 saturated carbocycles. The lowest BCUT2D eigenvalue weighted by molar-refractivity contribution is -0.159. The quantitative estimate of drug-likeness (QED) is 0.740. The summed E-state index contributed by atoms with van der Waals surface area (Å²) in [5.74, 6) is -0.279. The van der Waals surface area contributed by atoms with Gasteiger partial charge in [-0.3, -0.25) is 4.79 Å². The topological polar surface area (TPSA) is 29.5 Å². The van der Waals surface area contributed by atoms with Gasteiger partial charge in [0, 0.05) is 18.9 Å². The first-order valence-corrected chi connectivity index (χ1v) is 8.43. The Kier molecular flexibility index (Phi) is 2.76. The second-order valence-corrected chi connectivity index (χ2v) is 7.12. The molecule has 5 rings (SSSR count). The van der Waals surface area contributed by atoms with Crippen LogP contribution in [0.2, 0.25) is 0 Å². The van der Waals surface area contributed by atoms with Gasteiger partial charge in [-0.2, -0.15) is 0 Å². The third kappa shape index (κ3) is 1.72. The molecular weight excluding hydrogens is 305 g/mol. The van der Waals surface area contributed by atoms with Crippen molar-refractivity contribution in [2.75, 3.05) is 13.2 Å². The summed E-state index contributed by atoms with van der Waals surface area (Å²) in [6.07, 6.45) is 0.746. The Hall–Kier alpha value is -2.20. The van der Waals surface area contributed by atoms with Crippen LogP contribution in [0.3, 0.4) is 0 Å². The first kappa shape index (κ1) is 14.2. The highest BCUT2D eigenvalue weighted by molar-refractivity contribution is 5.92. The van der Waals surface area contributed by atoms with Crippen LogP contribution < -0.4 is 0 Å². The lowest BCUT2D eigenvalue weighted by atomic mass is 9.66. The van der Waals surface area contributed by atoms with Crippen molar-refractivity contribution in [3.8, 4) is 11.1 Å². The molecule has 0 spiro atoms. The van der Waals surface area contributed by atoms with Crippen LogP contribution in [-0.4, -0.2) is 29.7 Å². The van der Waals surface area contributed by atoms with Crippen LogP contribution in [0.1, 0.15) is 36.3 Å². The van der Waals surface area contributed by atoms with E-state index in [2.05, 4.69) is 0 Å². The number of benzene rings is 2. The fraction of sp³-hybridized carbons (Fsp3) is 0.350. The fourth-order valence-electron chi connectivity index (χ4n) is 4.79. The maximum Gasteiger partial charge on any atom is 0.233 e. The Morgan fingerprint density at radius 3 is 2.88 bits per heavy atom. The van der Waals surface area contributed by atoms with Crippen LogP contribution in [0.15, 0.2) is 42.5 Å². The van der Waals surface area contributed by atoms with E-state index in [1.165, 1.54) is 6.07 Å². The lowest BCUT2D eigenvalue weighted by Crippen LogP contribution is -2.55. The number of piperidine rings is 1. The van der Waals surface area contributed by atoms with Gasteiger partial charge in [0.2, 0.25) is 5.91 Å². The minimum absolute atomic E-state index is 0.0300. The van der Waals surface area contributed by atoms with E-state index in [0.717, 1.165) is 28.7 Å². The monoisotopic (exact) mass is 323 g/mol. The first-order valence-electron chi connectivity index (χ1n) is 8.43. The summed E-state index contributed by atoms with van der Waals surface area (Å²) in [7, 11) is 0. The van der Waals surface area contributed by atoms with Crippen LogP contribution in [0.25, 0.3) is 11.1 Å². The minimum Gasteiger partial charge on any atom is -0.354 e. The summed E-state index contributed by atoms with van der Waals surface area (Å²) in [5.41, 5.74) is 3.42. The van der Waals surface area contributed by atoms with Gasteiger partial charge in [-0.15, -0.1) is 0 Å². The molecule has 3 aliphatic rings. The number of carbonyl (C=O) groups excluding carboxylic acids is 1. The van der Waals surface area contributed by atoms with Crippen LogP contribution in [0.4, 0.5) is 4.39 Å². The zero-order valence-corrected chi connectivity index (χ0v) is 13.5. The molecule has 1 aliphatic carbocycles. The molecule has 2 heterocycles. The normalized spacial score (nSPS) is 30.4. The summed E-state index contributed by atoms with van der Waals surface area (Å²) in [5, 5.41) is 0. The average molecular weight is 323 g/mol. The Labute approximate surface area is 140 Å². The molecule has 4 heteroatoms. The van der Waals surface area contributed by atoms with E-state index < -0.39 is 5.72 Å². The second-order valence-electron chi connectivity index (χ2n) is 7.12. The van der Waals surface area contributed by atoms with Gasteiger partial charge in [0.15, 0.2) is 0 Å². The van der Waals surface area contributed by atoms with Crippen molar-refractivity contribution in [2.45, 2.75) is 30.9 Å². The molecule has 2 aromatic rings. The average Bonchev–Trinajstić information content (AvgIpc) is 2.97. The van der Waals surface area contributed by atoms with Crippen molar-refractivity contribution in [1.82, 2.24) is 4.90 Å². The van der Waals surface area contributed by atoms with E-state index in [1.54, 1.807) is 6.07 Å². The first-order chi connectivity index (χ1) is 11.6. The van der Waals surface area contributed by atoms with Gasteiger partial charge in [0.25, 0.3) is 0 Å². The molecule has 0 aromatic heterocycles. The van der Waals surface area contributed by atoms with Crippen molar-refractivity contribution in [3.63, 3.8) is 0 Å². The summed E-state index contributed by atoms with van der Waals surface area (Å²) < 4.78 is 19.8. The molecule has 0 bridgehead atoms. The zero-order chi connectivity index (χ0) is 16.5. The van der Waals surface area contributed by atoms with E-state index in [0.29, 0.717) is 13.2 Å². The molecule has 1 amide bonds. The minimum atomic E-state index is -0.545. The molecular formula is C20H18FNO2. The molecule has 122 valence electrons. The summed E-state index contributed by atoms with van der Waals surface area (Å²) >= 11 is 0. The maximum absolute atomic E-state index is 13.9. The maximum atomic E-state index is 13.9. The summed E-state index contributed by atoms with van der Waals surface area (Å²) in [4.78, 5) is 15.1. The number of halogens is 1. The largest absolute Gasteiger partial charge is 0.354 e. The van der Waals surface area contributed by atoms with Gasteiger partial charge in [0.05, 0.1) is 12.5 Å². The van der Waals surface area contributed by atoms with Crippen molar-refractivity contribution in [1.29, 1.82) is 0 Å². The van der Waals surface area contributed by atoms with Crippen molar-refractivity contribution in [2.24, 2.45) is 0 Å². The predicted molar refractivity (Wildman–Crippen MR) is 88.0 cm³/mol. The smallest absolute Gasteiger partial charge is 0.233 e. The number of carbonyl (C=O) groups is 1. The van der Waals surface area contributed by atoms with Crippen molar-refractivity contribution >= 4 is 5.91 Å². The van der Waals surface area contributed by atoms with Gasteiger partial charge < -0.3 is 9.64 Å². The molecule has 2 fully saturated rings. The standard InChI is InChI=1S/C20H18FNO2/c1-20-11-17-14-7-6-12(21)10-16(14)13-4-2-3-5-15(13)18(17)19(23)22(20)8-9-24-20/h2-7,10,17-18H,8-9,11H2,1H3/t17-,18+,20+/m1/s1. The fourth-order valence-corrected chi connectivity index (χ4v) is 4.79. The van der Waals surface area contributed by atoms with Crippen molar-refractivity contribution in [3.05, 3.63) is 59.4 Å². The Morgan fingerprint density at radius 2 is 2.00 bits per heavy atom. The van der Waals surface area contributed by atoms with Gasteiger partial charge >= 0.3 is 0 Å². The lowest BCUT2D eigenvalue weighted by Gasteiger charge is -2.48. The highest BCUT2D eigenvalue weighted by Gasteiger charge is 2.54. The van der Waals surface area contributed by atoms with Gasteiger partial charge in [0.1, 0.15) is 11.5 Å². The number of fused-ring (bicyclic) bond motifs is 7. The molecule has 3 atom stereocenters. The van der Waals surface area contributed by atoms with Crippen LogP contribution >= 0.6 is 0 Å². The molecule has 24 heavy (non-hydrogen) atoms. The predicted octanol–water partition coefficient (Wildman–Crippen LogP) is 3.65. The number of nitrogens with zero attached hydrogens (tertiary/aromatic N) is 1. The zero-order valence-electron chi connectivity index (χ0n) is 13.5. The summed E-state index contributed by atoms with van der Waals surface area (Å²) in [6, 6.07) is 12.9. The molecule has 0 unspecified atom stereocenters. The van der Waals surface area contributed by atoms with Crippen LogP contribution in [-0.2, 0) is 9.53 Å². The van der Waals surface area contributed by atoms with Gasteiger partial charge in [-0.1, -0.05) is 30.3 Å². The van der Waals surface area contributed by atoms with Crippen LogP contribution in [0, 0.1) is 5.82 Å². The molecule has 2 aromatic carbocycles. The molecule has 0 radical (unpaired) electrons. The van der Waals surface area contributed by atoms with E-state index in [-0.39, 0.29) is 23.6 Å². The third-order valence-electron chi connectivity index (χ3n) is 5.83. The SMILES string of the molecule is C[C@]12C[C@@H]3c4ccc(F)cc4-c4ccccc4[C@@H]3C(=O)N1CCO2. The Bertz CT molecular complexity index is 864. The number of ether oxygens (including phenoxy) is 1. The van der Waals surface area contributed by atoms with E-state index in [9.17, 15) is 9.18 Å². The Morgan fingerprint density at radius 1 is 1.17 bits per heavy atom. The number of rotatable bonds is 0. The number of hydrogen-bond acceptors (Lipinski definition) is 2. The molecule has 0 N–H and O–H groups in total. The van der Waals surface area contributed by atoms with E-state index in [4.69, 9.17) is 4.74 Å².